The number of benzene rings is 1. The number of likely N-dealkylation sites (N-methyl/N-ethyl adjacent to an activating group) is 1. The van der Waals surface area contributed by atoms with Crippen LogP contribution in [0.25, 0.3) is 0 Å². The summed E-state index contributed by atoms with van der Waals surface area (Å²) in [6.07, 6.45) is 4.21. The minimum Gasteiger partial charge on any atom is -0.322 e. The van der Waals surface area contributed by atoms with Crippen molar-refractivity contribution in [1.29, 1.82) is 0 Å². The van der Waals surface area contributed by atoms with Crippen molar-refractivity contribution in [3.8, 4) is 0 Å². The lowest BCUT2D eigenvalue weighted by Crippen LogP contribution is -2.61. The van der Waals surface area contributed by atoms with Crippen LogP contribution in [0.2, 0.25) is 0 Å². The Morgan fingerprint density at radius 3 is 2.87 bits per heavy atom. The third-order valence-corrected chi connectivity index (χ3v) is 7.70. The summed E-state index contributed by atoms with van der Waals surface area (Å²) >= 11 is 0. The minimum absolute atomic E-state index is 0.111. The Kier molecular flexibility index (Phi) is 5.32. The molecule has 4 aliphatic heterocycles. The number of rotatable bonds is 4. The highest BCUT2D eigenvalue weighted by atomic mass is 16.2. The molecule has 4 heterocycles. The Balaban J connectivity index is 1.27. The van der Waals surface area contributed by atoms with Gasteiger partial charge in [-0.25, -0.2) is 0 Å². The average Bonchev–Trinajstić information content (AvgIpc) is 3.24. The van der Waals surface area contributed by atoms with Gasteiger partial charge in [0.1, 0.15) is 6.04 Å². The molecule has 3 atom stereocenters. The molecule has 1 aromatic rings. The zero-order chi connectivity index (χ0) is 21.6. The number of fused-ring (bicyclic) bond motifs is 1. The molecule has 0 bridgehead atoms. The summed E-state index contributed by atoms with van der Waals surface area (Å²) < 4.78 is 0. The summed E-state index contributed by atoms with van der Waals surface area (Å²) in [6, 6.07) is 5.93. The van der Waals surface area contributed by atoms with Crippen LogP contribution < -0.4 is 16.0 Å². The fraction of sp³-hybridized carbons (Fsp3) is 0.609. The highest BCUT2D eigenvalue weighted by Crippen LogP contribution is 2.34. The number of piperidine rings is 2. The Morgan fingerprint density at radius 2 is 2.10 bits per heavy atom. The smallest absolute Gasteiger partial charge is 0.255 e. The maximum atomic E-state index is 13.0. The number of hydrogen-bond donors (Lipinski definition) is 3. The van der Waals surface area contributed by atoms with Gasteiger partial charge in [0.05, 0.1) is 0 Å². The Labute approximate surface area is 182 Å². The molecular weight excluding hydrogens is 394 g/mol. The number of nitrogens with zero attached hydrogens (tertiary/aromatic N) is 2. The quantitative estimate of drug-likeness (QED) is 0.604. The van der Waals surface area contributed by atoms with E-state index in [1.807, 2.05) is 12.1 Å². The van der Waals surface area contributed by atoms with Crippen LogP contribution in [0.1, 0.15) is 53.6 Å². The van der Waals surface area contributed by atoms with E-state index in [4.69, 9.17) is 0 Å². The fourth-order valence-corrected chi connectivity index (χ4v) is 5.86. The van der Waals surface area contributed by atoms with Gasteiger partial charge in [0.2, 0.25) is 11.8 Å². The molecule has 166 valence electrons. The lowest BCUT2D eigenvalue weighted by molar-refractivity contribution is -0.136. The predicted molar refractivity (Wildman–Crippen MR) is 115 cm³/mol. The molecule has 3 saturated heterocycles. The van der Waals surface area contributed by atoms with Gasteiger partial charge in [0.25, 0.3) is 5.91 Å². The van der Waals surface area contributed by atoms with E-state index in [1.165, 1.54) is 12.8 Å². The molecule has 8 heteroatoms. The van der Waals surface area contributed by atoms with Crippen LogP contribution in [0.15, 0.2) is 18.2 Å². The zero-order valence-electron chi connectivity index (χ0n) is 18.1. The van der Waals surface area contributed by atoms with Crippen LogP contribution in [0.3, 0.4) is 0 Å². The molecule has 0 saturated carbocycles. The van der Waals surface area contributed by atoms with Crippen LogP contribution >= 0.6 is 0 Å². The van der Waals surface area contributed by atoms with E-state index in [2.05, 4.69) is 34.0 Å². The predicted octanol–water partition coefficient (Wildman–Crippen LogP) is 0.364. The molecule has 0 aromatic heterocycles. The summed E-state index contributed by atoms with van der Waals surface area (Å²) in [5, 5.41) is 9.70. The molecule has 4 aliphatic rings. The first-order valence-corrected chi connectivity index (χ1v) is 11.4. The molecule has 3 unspecified atom stereocenters. The summed E-state index contributed by atoms with van der Waals surface area (Å²) in [7, 11) is 2.23. The molecular formula is C23H31N5O3. The first-order chi connectivity index (χ1) is 15.0. The Bertz CT molecular complexity index is 910. The van der Waals surface area contributed by atoms with E-state index < -0.39 is 6.04 Å². The molecule has 0 aliphatic carbocycles. The number of likely N-dealkylation sites (tertiary alicyclic amines) is 1. The third kappa shape index (κ3) is 3.56. The van der Waals surface area contributed by atoms with Crippen molar-refractivity contribution in [1.82, 2.24) is 25.8 Å². The summed E-state index contributed by atoms with van der Waals surface area (Å²) in [4.78, 5) is 40.8. The van der Waals surface area contributed by atoms with Crippen molar-refractivity contribution >= 4 is 17.7 Å². The number of imide groups is 1. The minimum atomic E-state index is -0.563. The van der Waals surface area contributed by atoms with Crippen molar-refractivity contribution in [3.63, 3.8) is 0 Å². The van der Waals surface area contributed by atoms with Crippen molar-refractivity contribution in [2.75, 3.05) is 26.7 Å². The second kappa shape index (κ2) is 8.00. The van der Waals surface area contributed by atoms with E-state index in [0.29, 0.717) is 24.6 Å². The third-order valence-electron chi connectivity index (χ3n) is 7.70. The van der Waals surface area contributed by atoms with Gasteiger partial charge in [-0.1, -0.05) is 12.1 Å². The summed E-state index contributed by atoms with van der Waals surface area (Å²) in [6.45, 7) is 4.36. The maximum Gasteiger partial charge on any atom is 0.255 e. The fourth-order valence-electron chi connectivity index (χ4n) is 5.86. The van der Waals surface area contributed by atoms with E-state index in [9.17, 15) is 14.4 Å². The Morgan fingerprint density at radius 1 is 1.23 bits per heavy atom. The second-order valence-corrected chi connectivity index (χ2v) is 9.42. The molecule has 0 radical (unpaired) electrons. The van der Waals surface area contributed by atoms with Crippen LogP contribution in [0.4, 0.5) is 0 Å². The topological polar surface area (TPSA) is 93.8 Å². The number of amides is 3. The first-order valence-electron chi connectivity index (χ1n) is 11.4. The summed E-state index contributed by atoms with van der Waals surface area (Å²) in [5.74, 6) is -0.738. The monoisotopic (exact) mass is 425 g/mol. The molecule has 1 spiro atoms. The van der Waals surface area contributed by atoms with Gasteiger partial charge in [0, 0.05) is 49.7 Å². The first kappa shape index (κ1) is 20.6. The zero-order valence-corrected chi connectivity index (χ0v) is 18.1. The van der Waals surface area contributed by atoms with Crippen LogP contribution in [0.5, 0.6) is 0 Å². The molecule has 3 N–H and O–H groups in total. The van der Waals surface area contributed by atoms with Crippen molar-refractivity contribution in [3.05, 3.63) is 34.9 Å². The number of hydrogen-bond acceptors (Lipinski definition) is 6. The average molecular weight is 426 g/mol. The largest absolute Gasteiger partial charge is 0.322 e. The Hall–Kier alpha value is -2.29. The summed E-state index contributed by atoms with van der Waals surface area (Å²) in [5.41, 5.74) is 2.90. The van der Waals surface area contributed by atoms with E-state index >= 15 is 0 Å². The van der Waals surface area contributed by atoms with Gasteiger partial charge >= 0.3 is 0 Å². The highest BCUT2D eigenvalue weighted by Gasteiger charge is 2.47. The molecule has 8 nitrogen and oxygen atoms in total. The van der Waals surface area contributed by atoms with Gasteiger partial charge in [-0.2, -0.15) is 0 Å². The SMILES string of the molecule is CN1CCC(NCc2ccc3c(c2)C(=O)N(C2CCC(=O)NC2=O)C3)C12CCCNC2. The van der Waals surface area contributed by atoms with Crippen LogP contribution in [-0.4, -0.2) is 71.8 Å². The van der Waals surface area contributed by atoms with Gasteiger partial charge in [-0.3, -0.25) is 24.6 Å². The van der Waals surface area contributed by atoms with Gasteiger partial charge in [-0.15, -0.1) is 0 Å². The normalized spacial score (nSPS) is 31.4. The lowest BCUT2D eigenvalue weighted by Gasteiger charge is -2.44. The second-order valence-electron chi connectivity index (χ2n) is 9.42. The van der Waals surface area contributed by atoms with Crippen molar-refractivity contribution in [2.45, 2.75) is 62.8 Å². The van der Waals surface area contributed by atoms with E-state index in [0.717, 1.165) is 43.7 Å². The molecule has 5 rings (SSSR count). The van der Waals surface area contributed by atoms with E-state index in [-0.39, 0.29) is 29.7 Å². The van der Waals surface area contributed by atoms with Crippen LogP contribution in [0, 0.1) is 0 Å². The lowest BCUT2D eigenvalue weighted by atomic mass is 9.83. The van der Waals surface area contributed by atoms with Crippen molar-refractivity contribution < 1.29 is 14.4 Å². The number of carbonyl (C=O) groups excluding carboxylic acids is 3. The standard InChI is InChI=1S/C23H31N5O3/c1-27-10-7-19(23(27)8-2-9-24-14-23)25-12-15-3-4-16-13-28(22(31)17(16)11-15)18-5-6-20(29)26-21(18)30/h3-4,11,18-19,24-25H,2,5-10,12-14H2,1H3,(H,26,29,30). The van der Waals surface area contributed by atoms with Gasteiger partial charge in [-0.05, 0) is 56.5 Å². The molecule has 3 fully saturated rings. The van der Waals surface area contributed by atoms with E-state index in [1.54, 1.807) is 4.90 Å². The molecule has 1 aromatic carbocycles. The van der Waals surface area contributed by atoms with Crippen molar-refractivity contribution in [2.24, 2.45) is 0 Å². The highest BCUT2D eigenvalue weighted by molar-refractivity contribution is 6.05. The maximum absolute atomic E-state index is 13.0. The molecule has 3 amide bonds. The number of carbonyl (C=O) groups is 3. The molecule has 31 heavy (non-hydrogen) atoms. The van der Waals surface area contributed by atoms with Crippen LogP contribution in [-0.2, 0) is 22.7 Å². The number of nitrogens with one attached hydrogen (secondary N) is 3. The van der Waals surface area contributed by atoms with Gasteiger partial charge < -0.3 is 15.5 Å². The van der Waals surface area contributed by atoms with Gasteiger partial charge in [0.15, 0.2) is 0 Å².